The Balaban J connectivity index is 0.00000462. The number of hydrogen-bond donors (Lipinski definition) is 0. The van der Waals surface area contributed by atoms with Crippen LogP contribution in [-0.4, -0.2) is 93.8 Å². The van der Waals surface area contributed by atoms with E-state index in [1.165, 1.54) is 5.69 Å². The SMILES string of the molecule is CCOC(=O)CCCN1C=COC(C2=C(OCCCCN3CCN(c4ccccc4OC)CC3)C=CC(=O)C2)C1.Cl. The van der Waals surface area contributed by atoms with Gasteiger partial charge in [0.05, 0.1) is 38.8 Å². The lowest BCUT2D eigenvalue weighted by Gasteiger charge is -2.36. The van der Waals surface area contributed by atoms with Gasteiger partial charge in [0.1, 0.15) is 17.6 Å². The Kier molecular flexibility index (Phi) is 13.4. The second-order valence-corrected chi connectivity index (χ2v) is 10.2. The standard InChI is InChI=1S/C31H43N3O6.ClH/c1-3-38-31(36)11-8-15-33-20-22-40-30(24-33)26-23-25(35)12-13-28(26)39-21-7-6-14-32-16-18-34(19-17-32)27-9-4-5-10-29(27)37-2;/h4-5,9-10,12-13,20,22,30H,3,6-8,11,14-19,21,23-24H2,1-2H3;1H. The number of ether oxygens (including phenoxy) is 4. The Morgan fingerprint density at radius 1 is 1.05 bits per heavy atom. The van der Waals surface area contributed by atoms with Crippen molar-refractivity contribution in [1.29, 1.82) is 0 Å². The summed E-state index contributed by atoms with van der Waals surface area (Å²) in [7, 11) is 1.72. The summed E-state index contributed by atoms with van der Waals surface area (Å²) in [4.78, 5) is 30.9. The smallest absolute Gasteiger partial charge is 0.305 e. The van der Waals surface area contributed by atoms with Crippen molar-refractivity contribution in [2.75, 3.05) is 71.0 Å². The molecule has 0 spiro atoms. The average molecular weight is 590 g/mol. The molecule has 0 N–H and O–H groups in total. The second-order valence-electron chi connectivity index (χ2n) is 10.2. The van der Waals surface area contributed by atoms with Gasteiger partial charge in [-0.1, -0.05) is 12.1 Å². The van der Waals surface area contributed by atoms with Crippen molar-refractivity contribution in [3.8, 4) is 5.75 Å². The van der Waals surface area contributed by atoms with Gasteiger partial charge < -0.3 is 28.7 Å². The van der Waals surface area contributed by atoms with E-state index in [4.69, 9.17) is 18.9 Å². The zero-order valence-corrected chi connectivity index (χ0v) is 25.1. The number of unbranched alkanes of at least 4 members (excludes halogenated alkanes) is 1. The molecule has 0 amide bonds. The second kappa shape index (κ2) is 16.9. The van der Waals surface area contributed by atoms with Crippen LogP contribution < -0.4 is 9.64 Å². The number of halogens is 1. The quantitative estimate of drug-likeness (QED) is 0.233. The molecule has 0 aromatic heterocycles. The molecular formula is C31H44ClN3O6. The lowest BCUT2D eigenvalue weighted by molar-refractivity contribution is -0.143. The van der Waals surface area contributed by atoms with Crippen molar-refractivity contribution >= 4 is 29.8 Å². The molecule has 3 aliphatic rings. The minimum atomic E-state index is -0.254. The molecule has 1 fully saturated rings. The molecule has 1 aromatic rings. The minimum absolute atomic E-state index is 0. The van der Waals surface area contributed by atoms with Crippen LogP contribution in [0, 0.1) is 0 Å². The normalized spacial score (nSPS) is 19.1. The maximum atomic E-state index is 12.2. The largest absolute Gasteiger partial charge is 0.495 e. The number of esters is 1. The number of carbonyl (C=O) groups is 2. The summed E-state index contributed by atoms with van der Waals surface area (Å²) in [6, 6.07) is 8.21. The number of hydrogen-bond acceptors (Lipinski definition) is 9. The predicted molar refractivity (Wildman–Crippen MR) is 161 cm³/mol. The van der Waals surface area contributed by atoms with Crippen LogP contribution in [0.25, 0.3) is 0 Å². The van der Waals surface area contributed by atoms with Crippen molar-refractivity contribution in [1.82, 2.24) is 9.80 Å². The van der Waals surface area contributed by atoms with Crippen LogP contribution in [0.2, 0.25) is 0 Å². The number of ketones is 1. The van der Waals surface area contributed by atoms with Crippen LogP contribution in [0.5, 0.6) is 5.75 Å². The summed E-state index contributed by atoms with van der Waals surface area (Å²) >= 11 is 0. The zero-order valence-electron chi connectivity index (χ0n) is 24.3. The van der Waals surface area contributed by atoms with E-state index in [1.807, 2.05) is 25.3 Å². The molecule has 2 aliphatic heterocycles. The molecule has 226 valence electrons. The van der Waals surface area contributed by atoms with Gasteiger partial charge in [-0.25, -0.2) is 0 Å². The molecule has 41 heavy (non-hydrogen) atoms. The first-order chi connectivity index (χ1) is 19.6. The zero-order chi connectivity index (χ0) is 28.2. The van der Waals surface area contributed by atoms with Crippen LogP contribution in [0.1, 0.15) is 39.0 Å². The number of carbonyl (C=O) groups excluding carboxylic acids is 2. The third kappa shape index (κ3) is 9.71. The number of rotatable bonds is 14. The van der Waals surface area contributed by atoms with E-state index in [2.05, 4.69) is 26.8 Å². The number of para-hydroxylation sites is 2. The highest BCUT2D eigenvalue weighted by Gasteiger charge is 2.28. The van der Waals surface area contributed by atoms with Crippen molar-refractivity contribution in [3.63, 3.8) is 0 Å². The van der Waals surface area contributed by atoms with Crippen molar-refractivity contribution < 1.29 is 28.5 Å². The predicted octanol–water partition coefficient (Wildman–Crippen LogP) is 4.33. The molecule has 1 saturated heterocycles. The lowest BCUT2D eigenvalue weighted by atomic mass is 9.96. The molecule has 9 nitrogen and oxygen atoms in total. The summed E-state index contributed by atoms with van der Waals surface area (Å²) in [5, 5.41) is 0. The lowest BCUT2D eigenvalue weighted by Crippen LogP contribution is -2.46. The van der Waals surface area contributed by atoms with Gasteiger partial charge in [-0.3, -0.25) is 14.5 Å². The van der Waals surface area contributed by atoms with Crippen molar-refractivity contribution in [3.05, 3.63) is 60.2 Å². The first-order valence-corrected chi connectivity index (χ1v) is 14.5. The summed E-state index contributed by atoms with van der Waals surface area (Å²) in [5.41, 5.74) is 2.05. The highest BCUT2D eigenvalue weighted by atomic mass is 35.5. The van der Waals surface area contributed by atoms with E-state index < -0.39 is 0 Å². The first-order valence-electron chi connectivity index (χ1n) is 14.5. The Morgan fingerprint density at radius 3 is 2.63 bits per heavy atom. The first kappa shape index (κ1) is 32.3. The number of methoxy groups -OCH3 is 1. The van der Waals surface area contributed by atoms with Crippen LogP contribution in [-0.2, 0) is 23.8 Å². The van der Waals surface area contributed by atoms with E-state index in [-0.39, 0.29) is 30.3 Å². The molecule has 1 aliphatic carbocycles. The molecule has 1 atom stereocenters. The van der Waals surface area contributed by atoms with Gasteiger partial charge in [-0.05, 0) is 57.0 Å². The highest BCUT2D eigenvalue weighted by Crippen LogP contribution is 2.29. The third-order valence-electron chi connectivity index (χ3n) is 7.46. The van der Waals surface area contributed by atoms with E-state index in [1.54, 1.807) is 25.5 Å². The van der Waals surface area contributed by atoms with Gasteiger partial charge in [0.2, 0.25) is 0 Å². The maximum absolute atomic E-state index is 12.2. The van der Waals surface area contributed by atoms with Gasteiger partial charge in [-0.15, -0.1) is 12.4 Å². The van der Waals surface area contributed by atoms with E-state index >= 15 is 0 Å². The van der Waals surface area contributed by atoms with Crippen LogP contribution >= 0.6 is 12.4 Å². The molecule has 1 aromatic carbocycles. The Labute approximate surface area is 250 Å². The molecule has 0 radical (unpaired) electrons. The van der Waals surface area contributed by atoms with Gasteiger partial charge in [-0.2, -0.15) is 0 Å². The molecule has 4 rings (SSSR count). The molecule has 1 unspecified atom stereocenters. The van der Waals surface area contributed by atoms with E-state index in [0.29, 0.717) is 39.0 Å². The monoisotopic (exact) mass is 589 g/mol. The summed E-state index contributed by atoms with van der Waals surface area (Å²) < 4.78 is 22.6. The number of nitrogens with zero attached hydrogens (tertiary/aromatic N) is 3. The summed E-state index contributed by atoms with van der Waals surface area (Å²) in [6.45, 7) is 9.22. The Hall–Kier alpha value is -3.17. The number of allylic oxidation sites excluding steroid dienone is 2. The van der Waals surface area contributed by atoms with E-state index in [0.717, 1.165) is 69.2 Å². The topological polar surface area (TPSA) is 80.8 Å². The fourth-order valence-corrected chi connectivity index (χ4v) is 5.30. The van der Waals surface area contributed by atoms with Crippen molar-refractivity contribution in [2.24, 2.45) is 0 Å². The highest BCUT2D eigenvalue weighted by molar-refractivity contribution is 5.93. The maximum Gasteiger partial charge on any atom is 0.305 e. The Morgan fingerprint density at radius 2 is 1.85 bits per heavy atom. The molecular weight excluding hydrogens is 546 g/mol. The fraction of sp³-hybridized carbons (Fsp3) is 0.548. The number of anilines is 1. The number of piperazine rings is 1. The molecule has 0 saturated carbocycles. The minimum Gasteiger partial charge on any atom is -0.495 e. The third-order valence-corrected chi connectivity index (χ3v) is 7.46. The van der Waals surface area contributed by atoms with Gasteiger partial charge in [0.25, 0.3) is 0 Å². The summed E-state index contributed by atoms with van der Waals surface area (Å²) in [5.74, 6) is 1.56. The van der Waals surface area contributed by atoms with Gasteiger partial charge >= 0.3 is 5.97 Å². The summed E-state index contributed by atoms with van der Waals surface area (Å²) in [6.07, 6.45) is 10.1. The van der Waals surface area contributed by atoms with E-state index in [9.17, 15) is 9.59 Å². The number of benzene rings is 1. The van der Waals surface area contributed by atoms with Crippen LogP contribution in [0.4, 0.5) is 5.69 Å². The Bertz CT molecular complexity index is 1080. The van der Waals surface area contributed by atoms with Crippen LogP contribution in [0.15, 0.2) is 60.2 Å². The van der Waals surface area contributed by atoms with Gasteiger partial charge in [0, 0.05) is 57.3 Å². The van der Waals surface area contributed by atoms with Crippen molar-refractivity contribution in [2.45, 2.75) is 45.1 Å². The van der Waals surface area contributed by atoms with Crippen LogP contribution in [0.3, 0.4) is 0 Å². The average Bonchev–Trinajstić information content (AvgIpc) is 2.98. The van der Waals surface area contributed by atoms with Gasteiger partial charge in [0.15, 0.2) is 5.78 Å². The molecule has 0 bridgehead atoms. The molecule has 2 heterocycles. The molecule has 10 heteroatoms. The fourth-order valence-electron chi connectivity index (χ4n) is 5.30.